The molecule has 0 fully saturated rings. The van der Waals surface area contributed by atoms with Gasteiger partial charge in [0.2, 0.25) is 11.8 Å². The van der Waals surface area contributed by atoms with Crippen molar-refractivity contribution in [3.8, 4) is 0 Å². The second-order valence-corrected chi connectivity index (χ2v) is 9.22. The third-order valence-electron chi connectivity index (χ3n) is 5.05. The summed E-state index contributed by atoms with van der Waals surface area (Å²) in [5.74, 6) is -1.69. The molecule has 0 aliphatic heterocycles. The Morgan fingerprint density at radius 3 is 2.28 bits per heavy atom. The van der Waals surface area contributed by atoms with Crippen LogP contribution in [-0.2, 0) is 14.3 Å². The van der Waals surface area contributed by atoms with E-state index in [2.05, 4.69) is 21.5 Å². The molecule has 36 heavy (non-hydrogen) atoms. The predicted molar refractivity (Wildman–Crippen MR) is 144 cm³/mol. The monoisotopic (exact) mass is 553 g/mol. The zero-order valence-corrected chi connectivity index (χ0v) is 22.7. The van der Waals surface area contributed by atoms with Crippen molar-refractivity contribution in [2.75, 3.05) is 30.8 Å². The maximum atomic E-state index is 12.9. The molecule has 0 radical (unpaired) electrons. The highest BCUT2D eigenvalue weighted by Gasteiger charge is 2.27. The number of benzene rings is 1. The quantitative estimate of drug-likeness (QED) is 0.210. The van der Waals surface area contributed by atoms with E-state index in [1.165, 1.54) is 7.11 Å². The number of amides is 3. The zero-order chi connectivity index (χ0) is 26.8. The minimum atomic E-state index is -0.624. The first-order valence-corrected chi connectivity index (χ1v) is 12.6. The van der Waals surface area contributed by atoms with Crippen LogP contribution in [0.5, 0.6) is 0 Å². The number of para-hydroxylation sites is 1. The first-order valence-electron chi connectivity index (χ1n) is 11.0. The van der Waals surface area contributed by atoms with E-state index < -0.39 is 11.9 Å². The standard InChI is InChI=1S/C23H28ClN5O5S2/c1-5-29(6-2)21(32)19-13(3)18(22(33)34-4)20(36-19)26-23(35)28-27-17(31)12-11-16(30)25-15-10-8-7-9-14(15)24/h7-10H,5-6,11-12H2,1-4H3,(H,25,30)(H,27,31)(H2,26,28,35). The van der Waals surface area contributed by atoms with Crippen LogP contribution < -0.4 is 21.5 Å². The summed E-state index contributed by atoms with van der Waals surface area (Å²) in [4.78, 5) is 51.5. The number of hydrazine groups is 1. The fourth-order valence-electron chi connectivity index (χ4n) is 3.13. The van der Waals surface area contributed by atoms with Crippen molar-refractivity contribution in [3.63, 3.8) is 0 Å². The number of ether oxygens (including phenoxy) is 1. The van der Waals surface area contributed by atoms with E-state index in [9.17, 15) is 19.2 Å². The summed E-state index contributed by atoms with van der Waals surface area (Å²) >= 11 is 12.3. The number of thiocarbonyl (C=S) groups is 1. The number of hydrogen-bond donors (Lipinski definition) is 4. The van der Waals surface area contributed by atoms with Gasteiger partial charge in [0.15, 0.2) is 5.11 Å². The molecule has 3 amide bonds. The van der Waals surface area contributed by atoms with Gasteiger partial charge in [-0.3, -0.25) is 25.2 Å². The van der Waals surface area contributed by atoms with Crippen LogP contribution in [0, 0.1) is 6.92 Å². The highest BCUT2D eigenvalue weighted by molar-refractivity contribution is 7.80. The summed E-state index contributed by atoms with van der Waals surface area (Å²) in [5, 5.41) is 6.15. The fraction of sp³-hybridized carbons (Fsp3) is 0.348. The van der Waals surface area contributed by atoms with E-state index >= 15 is 0 Å². The summed E-state index contributed by atoms with van der Waals surface area (Å²) in [6, 6.07) is 6.77. The molecule has 0 unspecified atom stereocenters. The third kappa shape index (κ3) is 7.64. The predicted octanol–water partition coefficient (Wildman–Crippen LogP) is 3.72. The van der Waals surface area contributed by atoms with Crippen LogP contribution in [0.1, 0.15) is 52.3 Å². The summed E-state index contributed by atoms with van der Waals surface area (Å²) in [7, 11) is 1.24. The molecule has 2 aromatic rings. The minimum Gasteiger partial charge on any atom is -0.465 e. The Morgan fingerprint density at radius 2 is 1.67 bits per heavy atom. The second-order valence-electron chi connectivity index (χ2n) is 7.38. The van der Waals surface area contributed by atoms with Crippen molar-refractivity contribution in [1.29, 1.82) is 0 Å². The van der Waals surface area contributed by atoms with Gasteiger partial charge in [0, 0.05) is 25.9 Å². The molecule has 0 atom stereocenters. The van der Waals surface area contributed by atoms with E-state index in [1.807, 2.05) is 13.8 Å². The maximum Gasteiger partial charge on any atom is 0.341 e. The average Bonchev–Trinajstić information content (AvgIpc) is 3.18. The largest absolute Gasteiger partial charge is 0.465 e. The van der Waals surface area contributed by atoms with Crippen molar-refractivity contribution >= 4 is 74.6 Å². The third-order valence-corrected chi connectivity index (χ3v) is 6.78. The molecule has 0 saturated heterocycles. The molecule has 13 heteroatoms. The molecule has 1 heterocycles. The van der Waals surface area contributed by atoms with Gasteiger partial charge in [-0.25, -0.2) is 4.79 Å². The normalized spacial score (nSPS) is 10.2. The van der Waals surface area contributed by atoms with Gasteiger partial charge in [0.25, 0.3) is 5.91 Å². The number of carbonyl (C=O) groups is 4. The van der Waals surface area contributed by atoms with Crippen molar-refractivity contribution in [2.45, 2.75) is 33.6 Å². The summed E-state index contributed by atoms with van der Waals surface area (Å²) in [6.07, 6.45) is -0.188. The number of hydrogen-bond acceptors (Lipinski definition) is 7. The first-order chi connectivity index (χ1) is 17.1. The van der Waals surface area contributed by atoms with Crippen LogP contribution in [-0.4, -0.2) is 53.9 Å². The van der Waals surface area contributed by atoms with E-state index in [0.29, 0.717) is 39.2 Å². The van der Waals surface area contributed by atoms with Gasteiger partial charge in [-0.15, -0.1) is 11.3 Å². The molecular weight excluding hydrogens is 526 g/mol. The van der Waals surface area contributed by atoms with Crippen LogP contribution in [0.2, 0.25) is 5.02 Å². The molecule has 0 aliphatic rings. The minimum absolute atomic E-state index is 0.0166. The lowest BCUT2D eigenvalue weighted by Gasteiger charge is -2.17. The Balaban J connectivity index is 1.97. The molecule has 0 bridgehead atoms. The Morgan fingerprint density at radius 1 is 1.03 bits per heavy atom. The number of rotatable bonds is 9. The molecule has 0 spiro atoms. The van der Waals surface area contributed by atoms with Gasteiger partial charge in [-0.1, -0.05) is 23.7 Å². The molecule has 2 rings (SSSR count). The molecule has 0 saturated carbocycles. The van der Waals surface area contributed by atoms with Gasteiger partial charge in [0.1, 0.15) is 5.00 Å². The summed E-state index contributed by atoms with van der Waals surface area (Å²) in [6.45, 7) is 6.44. The van der Waals surface area contributed by atoms with Gasteiger partial charge in [-0.05, 0) is 50.7 Å². The lowest BCUT2D eigenvalue weighted by Crippen LogP contribution is -2.44. The molecule has 194 valence electrons. The van der Waals surface area contributed by atoms with Crippen LogP contribution >= 0.6 is 35.2 Å². The smallest absolute Gasteiger partial charge is 0.341 e. The zero-order valence-electron chi connectivity index (χ0n) is 20.3. The van der Waals surface area contributed by atoms with Crippen LogP contribution in [0.25, 0.3) is 0 Å². The highest BCUT2D eigenvalue weighted by atomic mass is 35.5. The van der Waals surface area contributed by atoms with E-state index in [4.69, 9.17) is 28.6 Å². The Hall–Kier alpha value is -3.22. The number of nitrogens with one attached hydrogen (secondary N) is 4. The molecule has 1 aromatic heterocycles. The SMILES string of the molecule is CCN(CC)C(=O)c1sc(NC(=S)NNC(=O)CCC(=O)Nc2ccccc2Cl)c(C(=O)OC)c1C. The number of methoxy groups -OCH3 is 1. The number of thiophene rings is 1. The van der Waals surface area contributed by atoms with Crippen LogP contribution in [0.4, 0.5) is 10.7 Å². The van der Waals surface area contributed by atoms with Gasteiger partial charge in [-0.2, -0.15) is 0 Å². The van der Waals surface area contributed by atoms with E-state index in [-0.39, 0.29) is 35.3 Å². The number of nitrogens with zero attached hydrogens (tertiary/aromatic N) is 1. The number of halogens is 1. The van der Waals surface area contributed by atoms with Crippen LogP contribution in [0.15, 0.2) is 24.3 Å². The van der Waals surface area contributed by atoms with E-state index in [1.54, 1.807) is 36.1 Å². The van der Waals surface area contributed by atoms with Gasteiger partial charge >= 0.3 is 5.97 Å². The van der Waals surface area contributed by atoms with Crippen molar-refractivity contribution < 1.29 is 23.9 Å². The second kappa shape index (κ2) is 13.8. The van der Waals surface area contributed by atoms with Crippen molar-refractivity contribution in [2.24, 2.45) is 0 Å². The van der Waals surface area contributed by atoms with E-state index in [0.717, 1.165) is 11.3 Å². The molecule has 4 N–H and O–H groups in total. The topological polar surface area (TPSA) is 129 Å². The molecule has 0 aliphatic carbocycles. The number of anilines is 2. The fourth-order valence-corrected chi connectivity index (χ4v) is 4.70. The lowest BCUT2D eigenvalue weighted by atomic mass is 10.1. The highest BCUT2D eigenvalue weighted by Crippen LogP contribution is 2.34. The van der Waals surface area contributed by atoms with Crippen molar-refractivity contribution in [3.05, 3.63) is 45.3 Å². The number of carbonyl (C=O) groups excluding carboxylic acids is 4. The Kier molecular flexibility index (Phi) is 11.1. The van der Waals surface area contributed by atoms with Gasteiger partial charge in [0.05, 0.1) is 28.3 Å². The lowest BCUT2D eigenvalue weighted by molar-refractivity contribution is -0.124. The Labute approximate surface area is 223 Å². The number of esters is 1. The molecule has 10 nitrogen and oxygen atoms in total. The first kappa shape index (κ1) is 29.0. The molecular formula is C23H28ClN5O5S2. The average molecular weight is 554 g/mol. The van der Waals surface area contributed by atoms with Crippen molar-refractivity contribution in [1.82, 2.24) is 15.8 Å². The Bertz CT molecular complexity index is 1150. The molecule has 1 aromatic carbocycles. The maximum absolute atomic E-state index is 12.9. The van der Waals surface area contributed by atoms with Crippen LogP contribution in [0.3, 0.4) is 0 Å². The summed E-state index contributed by atoms with van der Waals surface area (Å²) in [5.41, 5.74) is 6.04. The summed E-state index contributed by atoms with van der Waals surface area (Å²) < 4.78 is 4.87. The van der Waals surface area contributed by atoms with Gasteiger partial charge < -0.3 is 20.3 Å².